The number of azo groups is 1. The minimum absolute atomic E-state index is 0.220. The molecule has 2 rings (SSSR count). The van der Waals surface area contributed by atoms with Crippen molar-refractivity contribution in [2.45, 2.75) is 6.18 Å². The van der Waals surface area contributed by atoms with Gasteiger partial charge in [-0.25, -0.2) is 0 Å². The van der Waals surface area contributed by atoms with E-state index in [2.05, 4.69) is 10.2 Å². The number of nitriles is 1. The van der Waals surface area contributed by atoms with Gasteiger partial charge in [0.05, 0.1) is 17.3 Å². The van der Waals surface area contributed by atoms with Crippen LogP contribution in [0.2, 0.25) is 0 Å². The molecular weight excluding hydrogens is 275 g/mol. The van der Waals surface area contributed by atoms with Gasteiger partial charge in [0.1, 0.15) is 0 Å². The highest BCUT2D eigenvalue weighted by molar-refractivity contribution is 5.45. The fourth-order valence-corrected chi connectivity index (χ4v) is 1.36. The minimum Gasteiger partial charge on any atom is -0.292 e. The van der Waals surface area contributed by atoms with Gasteiger partial charge in [0, 0.05) is 0 Å². The van der Waals surface area contributed by atoms with Gasteiger partial charge >= 0.3 is 6.18 Å². The Labute approximate surface area is 109 Å². The van der Waals surface area contributed by atoms with E-state index in [0.717, 1.165) is 0 Å². The summed E-state index contributed by atoms with van der Waals surface area (Å²) in [7, 11) is 0. The van der Waals surface area contributed by atoms with Crippen LogP contribution in [0.3, 0.4) is 0 Å². The predicted octanol–water partition coefficient (Wildman–Crippen LogP) is 3.01. The highest BCUT2D eigenvalue weighted by atomic mass is 19.4. The molecule has 0 aliphatic carbocycles. The lowest BCUT2D eigenvalue weighted by Gasteiger charge is -2.02. The summed E-state index contributed by atoms with van der Waals surface area (Å²) in [6, 6.07) is 7.54. The van der Waals surface area contributed by atoms with Crippen LogP contribution in [0.4, 0.5) is 24.5 Å². The predicted molar refractivity (Wildman–Crippen MR) is 61.7 cm³/mol. The fourth-order valence-electron chi connectivity index (χ4n) is 1.36. The third-order valence-corrected chi connectivity index (χ3v) is 2.30. The van der Waals surface area contributed by atoms with Gasteiger partial charge in [0.25, 0.3) is 5.56 Å². The first-order chi connectivity index (χ1) is 9.41. The summed E-state index contributed by atoms with van der Waals surface area (Å²) in [6.07, 6.45) is -4.74. The zero-order valence-corrected chi connectivity index (χ0v) is 9.69. The van der Waals surface area contributed by atoms with Crippen LogP contribution in [0.5, 0.6) is 0 Å². The first kappa shape index (κ1) is 13.5. The second-order valence-electron chi connectivity index (χ2n) is 3.66. The van der Waals surface area contributed by atoms with Crippen molar-refractivity contribution in [1.29, 1.82) is 5.26 Å². The van der Waals surface area contributed by atoms with E-state index in [1.165, 1.54) is 24.3 Å². The van der Waals surface area contributed by atoms with E-state index in [0.29, 0.717) is 5.56 Å². The van der Waals surface area contributed by atoms with Gasteiger partial charge in [-0.15, -0.1) is 5.11 Å². The van der Waals surface area contributed by atoms with Crippen molar-refractivity contribution >= 4 is 11.4 Å². The number of H-pyrrole nitrogens is 2. The standard InChI is InChI=1S/C11H6F3N5O/c12-11(13,14)9-8(10(20)19-18-9)17-16-7-3-1-6(5-15)2-4-7/h1-4H,(H2,18,19,20). The van der Waals surface area contributed by atoms with Crippen molar-refractivity contribution in [1.82, 2.24) is 10.2 Å². The first-order valence-corrected chi connectivity index (χ1v) is 5.21. The zero-order valence-electron chi connectivity index (χ0n) is 9.69. The number of rotatable bonds is 2. The summed E-state index contributed by atoms with van der Waals surface area (Å²) < 4.78 is 37.7. The maximum Gasteiger partial charge on any atom is 0.435 e. The molecule has 0 aliphatic rings. The summed E-state index contributed by atoms with van der Waals surface area (Å²) in [6.45, 7) is 0. The molecule has 0 saturated carbocycles. The zero-order chi connectivity index (χ0) is 14.8. The SMILES string of the molecule is N#Cc1ccc(N=Nc2c(C(F)(F)F)[nH][nH]c2=O)cc1. The van der Waals surface area contributed by atoms with E-state index in [1.807, 2.05) is 6.07 Å². The molecule has 0 atom stereocenters. The Morgan fingerprint density at radius 2 is 1.75 bits per heavy atom. The summed E-state index contributed by atoms with van der Waals surface area (Å²) in [4.78, 5) is 11.2. The Balaban J connectivity index is 2.34. The summed E-state index contributed by atoms with van der Waals surface area (Å²) in [5.74, 6) is 0. The molecule has 0 spiro atoms. The number of nitrogens with zero attached hydrogens (tertiary/aromatic N) is 3. The highest BCUT2D eigenvalue weighted by Crippen LogP contribution is 2.33. The minimum atomic E-state index is -4.74. The van der Waals surface area contributed by atoms with Gasteiger partial charge in [-0.05, 0) is 24.3 Å². The Morgan fingerprint density at radius 3 is 2.30 bits per heavy atom. The molecule has 0 bridgehead atoms. The molecule has 0 radical (unpaired) electrons. The van der Waals surface area contributed by atoms with Crippen molar-refractivity contribution < 1.29 is 13.2 Å². The Hall–Kier alpha value is -2.89. The van der Waals surface area contributed by atoms with Crippen LogP contribution in [0, 0.1) is 11.3 Å². The molecule has 0 fully saturated rings. The molecule has 0 amide bonds. The largest absolute Gasteiger partial charge is 0.435 e. The van der Waals surface area contributed by atoms with Gasteiger partial charge < -0.3 is 0 Å². The van der Waals surface area contributed by atoms with Crippen molar-refractivity contribution in [3.05, 3.63) is 45.9 Å². The topological polar surface area (TPSA) is 97.2 Å². The lowest BCUT2D eigenvalue weighted by atomic mass is 10.2. The Bertz CT molecular complexity index is 733. The van der Waals surface area contributed by atoms with Crippen molar-refractivity contribution in [3.63, 3.8) is 0 Å². The van der Waals surface area contributed by atoms with E-state index in [4.69, 9.17) is 5.26 Å². The molecule has 6 nitrogen and oxygen atoms in total. The molecule has 1 aromatic carbocycles. The summed E-state index contributed by atoms with van der Waals surface area (Å²) >= 11 is 0. The maximum absolute atomic E-state index is 12.6. The third kappa shape index (κ3) is 2.74. The van der Waals surface area contributed by atoms with Gasteiger partial charge in [-0.3, -0.25) is 15.0 Å². The third-order valence-electron chi connectivity index (χ3n) is 2.30. The number of benzene rings is 1. The van der Waals surface area contributed by atoms with E-state index in [9.17, 15) is 18.0 Å². The quantitative estimate of drug-likeness (QED) is 0.827. The van der Waals surface area contributed by atoms with Crippen LogP contribution >= 0.6 is 0 Å². The molecule has 1 heterocycles. The second-order valence-corrected chi connectivity index (χ2v) is 3.66. The number of aromatic amines is 2. The lowest BCUT2D eigenvalue weighted by Crippen LogP contribution is -2.06. The van der Waals surface area contributed by atoms with Gasteiger partial charge in [0.2, 0.25) is 0 Å². The smallest absolute Gasteiger partial charge is 0.292 e. The number of aromatic nitrogens is 2. The molecule has 0 saturated heterocycles. The van der Waals surface area contributed by atoms with Crippen LogP contribution in [-0.2, 0) is 6.18 Å². The highest BCUT2D eigenvalue weighted by Gasteiger charge is 2.37. The van der Waals surface area contributed by atoms with E-state index < -0.39 is 23.1 Å². The molecule has 0 unspecified atom stereocenters. The van der Waals surface area contributed by atoms with Crippen LogP contribution in [0.25, 0.3) is 0 Å². The Morgan fingerprint density at radius 1 is 1.10 bits per heavy atom. The van der Waals surface area contributed by atoms with E-state index in [-0.39, 0.29) is 5.69 Å². The number of alkyl halides is 3. The van der Waals surface area contributed by atoms with Crippen LogP contribution in [0.15, 0.2) is 39.3 Å². The summed E-state index contributed by atoms with van der Waals surface area (Å²) in [5, 5.41) is 18.9. The fraction of sp³-hybridized carbons (Fsp3) is 0.0909. The average Bonchev–Trinajstić information content (AvgIpc) is 2.78. The number of hydrogen-bond donors (Lipinski definition) is 2. The maximum atomic E-state index is 12.6. The molecule has 9 heteroatoms. The lowest BCUT2D eigenvalue weighted by molar-refractivity contribution is -0.140. The van der Waals surface area contributed by atoms with Crippen LogP contribution < -0.4 is 5.56 Å². The molecule has 20 heavy (non-hydrogen) atoms. The monoisotopic (exact) mass is 281 g/mol. The number of nitrogens with one attached hydrogen (secondary N) is 2. The van der Waals surface area contributed by atoms with Crippen molar-refractivity contribution in [3.8, 4) is 6.07 Å². The van der Waals surface area contributed by atoms with Crippen LogP contribution in [-0.4, -0.2) is 10.2 Å². The molecule has 2 aromatic rings. The molecular formula is C11H6F3N5O. The average molecular weight is 281 g/mol. The van der Waals surface area contributed by atoms with E-state index in [1.54, 1.807) is 10.2 Å². The molecule has 2 N–H and O–H groups in total. The molecule has 102 valence electrons. The normalized spacial score (nSPS) is 11.7. The Kier molecular flexibility index (Phi) is 3.39. The van der Waals surface area contributed by atoms with Gasteiger partial charge in [-0.1, -0.05) is 0 Å². The van der Waals surface area contributed by atoms with E-state index >= 15 is 0 Å². The van der Waals surface area contributed by atoms with Crippen molar-refractivity contribution in [2.24, 2.45) is 10.2 Å². The molecule has 1 aromatic heterocycles. The van der Waals surface area contributed by atoms with Gasteiger partial charge in [0.15, 0.2) is 11.4 Å². The molecule has 0 aliphatic heterocycles. The second kappa shape index (κ2) is 5.00. The summed E-state index contributed by atoms with van der Waals surface area (Å²) in [5.41, 5.74) is -2.56. The number of halogens is 3. The van der Waals surface area contributed by atoms with Crippen molar-refractivity contribution in [2.75, 3.05) is 0 Å². The van der Waals surface area contributed by atoms with Crippen LogP contribution in [0.1, 0.15) is 11.3 Å². The first-order valence-electron chi connectivity index (χ1n) is 5.21. The number of hydrogen-bond acceptors (Lipinski definition) is 4. The van der Waals surface area contributed by atoms with Gasteiger partial charge in [-0.2, -0.15) is 23.5 Å².